The van der Waals surface area contributed by atoms with Crippen molar-refractivity contribution in [3.05, 3.63) is 66.4 Å². The topological polar surface area (TPSA) is 88.2 Å². The fourth-order valence-corrected chi connectivity index (χ4v) is 3.65. The summed E-state index contributed by atoms with van der Waals surface area (Å²) in [6.45, 7) is 3.68. The molecule has 2 N–H and O–H groups in total. The first-order chi connectivity index (χ1) is 12.4. The number of sulfonamides is 1. The smallest absolute Gasteiger partial charge is 0.261 e. The van der Waals surface area contributed by atoms with Gasteiger partial charge in [-0.2, -0.15) is 0 Å². The molecule has 1 amide bonds. The number of aromatic nitrogens is 1. The molecule has 3 rings (SSSR count). The van der Waals surface area contributed by atoms with Crippen LogP contribution in [0.2, 0.25) is 0 Å². The number of para-hydroxylation sites is 1. The monoisotopic (exact) mass is 369 g/mol. The second kappa shape index (κ2) is 7.13. The van der Waals surface area contributed by atoms with Crippen LogP contribution in [0.25, 0.3) is 10.9 Å². The number of amides is 1. The highest BCUT2D eigenvalue weighted by Gasteiger charge is 2.18. The van der Waals surface area contributed by atoms with E-state index in [0.29, 0.717) is 11.2 Å². The molecule has 26 heavy (non-hydrogen) atoms. The zero-order valence-electron chi connectivity index (χ0n) is 14.4. The first-order valence-corrected chi connectivity index (χ1v) is 9.62. The Morgan fingerprint density at radius 2 is 1.77 bits per heavy atom. The number of nitrogens with zero attached hydrogens (tertiary/aromatic N) is 1. The van der Waals surface area contributed by atoms with Crippen molar-refractivity contribution in [2.45, 2.75) is 24.8 Å². The summed E-state index contributed by atoms with van der Waals surface area (Å²) >= 11 is 0. The van der Waals surface area contributed by atoms with Crippen molar-refractivity contribution in [3.63, 3.8) is 0 Å². The van der Waals surface area contributed by atoms with Gasteiger partial charge >= 0.3 is 0 Å². The van der Waals surface area contributed by atoms with Gasteiger partial charge in [0.2, 0.25) is 0 Å². The van der Waals surface area contributed by atoms with Crippen LogP contribution in [0.4, 0.5) is 5.69 Å². The third-order valence-corrected chi connectivity index (χ3v) is 5.07. The molecule has 134 valence electrons. The zero-order valence-corrected chi connectivity index (χ0v) is 15.2. The van der Waals surface area contributed by atoms with E-state index in [0.717, 1.165) is 5.39 Å². The van der Waals surface area contributed by atoms with Gasteiger partial charge in [0.25, 0.3) is 15.9 Å². The summed E-state index contributed by atoms with van der Waals surface area (Å²) in [5.41, 5.74) is 1.24. The number of fused-ring (bicyclic) bond motifs is 1. The third kappa shape index (κ3) is 3.83. The lowest BCUT2D eigenvalue weighted by Crippen LogP contribution is -2.30. The summed E-state index contributed by atoms with van der Waals surface area (Å²) in [5.74, 6) is -0.316. The molecule has 0 saturated heterocycles. The van der Waals surface area contributed by atoms with Gasteiger partial charge < -0.3 is 5.32 Å². The lowest BCUT2D eigenvalue weighted by Gasteiger charge is -2.12. The summed E-state index contributed by atoms with van der Waals surface area (Å²) in [5, 5.41) is 3.58. The molecule has 0 aliphatic rings. The molecule has 6 nitrogen and oxygen atoms in total. The van der Waals surface area contributed by atoms with Crippen molar-refractivity contribution >= 4 is 32.5 Å². The number of nitrogens with one attached hydrogen (secondary N) is 2. The van der Waals surface area contributed by atoms with Gasteiger partial charge in [-0.05, 0) is 44.2 Å². The maximum Gasteiger partial charge on any atom is 0.261 e. The van der Waals surface area contributed by atoms with Crippen LogP contribution in [0.3, 0.4) is 0 Å². The lowest BCUT2D eigenvalue weighted by atomic mass is 10.2. The van der Waals surface area contributed by atoms with Crippen molar-refractivity contribution in [1.82, 2.24) is 10.3 Å². The normalized spacial score (nSPS) is 11.5. The van der Waals surface area contributed by atoms with Gasteiger partial charge in [-0.3, -0.25) is 14.5 Å². The molecule has 0 fully saturated rings. The summed E-state index contributed by atoms with van der Waals surface area (Å²) in [6, 6.07) is 14.8. The highest BCUT2D eigenvalue weighted by molar-refractivity contribution is 7.92. The fourth-order valence-electron chi connectivity index (χ4n) is 2.54. The predicted octanol–water partition coefficient (Wildman–Crippen LogP) is 3.17. The standard InChI is InChI=1S/C19H19N3O3S/c1-13(2)21-19(23)15-7-3-9-16(12-15)26(24,25)22-17-10-4-6-14-8-5-11-20-18(14)17/h3-13,22H,1-2H3,(H,21,23). The van der Waals surface area contributed by atoms with E-state index in [1.54, 1.807) is 36.5 Å². The number of hydrogen-bond acceptors (Lipinski definition) is 4. The molecule has 0 unspecified atom stereocenters. The van der Waals surface area contributed by atoms with Crippen molar-refractivity contribution in [2.24, 2.45) is 0 Å². The van der Waals surface area contributed by atoms with Crippen LogP contribution < -0.4 is 10.0 Å². The molecule has 0 aliphatic carbocycles. The fraction of sp³-hybridized carbons (Fsp3) is 0.158. The number of hydrogen-bond donors (Lipinski definition) is 2. The van der Waals surface area contributed by atoms with Crippen molar-refractivity contribution < 1.29 is 13.2 Å². The average Bonchev–Trinajstić information content (AvgIpc) is 2.61. The molecule has 0 radical (unpaired) electrons. The van der Waals surface area contributed by atoms with Gasteiger partial charge in [0.15, 0.2) is 0 Å². The van der Waals surface area contributed by atoms with Gasteiger partial charge in [0.1, 0.15) is 0 Å². The van der Waals surface area contributed by atoms with Gasteiger partial charge in [0.05, 0.1) is 16.1 Å². The molecule has 2 aromatic carbocycles. The molecule has 0 spiro atoms. The molecule has 0 saturated carbocycles. The first-order valence-electron chi connectivity index (χ1n) is 8.14. The van der Waals surface area contributed by atoms with E-state index in [2.05, 4.69) is 15.0 Å². The van der Waals surface area contributed by atoms with Crippen LogP contribution in [-0.2, 0) is 10.0 Å². The lowest BCUT2D eigenvalue weighted by molar-refractivity contribution is 0.0943. The van der Waals surface area contributed by atoms with Crippen LogP contribution in [0, 0.1) is 0 Å². The van der Waals surface area contributed by atoms with E-state index in [-0.39, 0.29) is 22.4 Å². The average molecular weight is 369 g/mol. The van der Waals surface area contributed by atoms with Crippen molar-refractivity contribution in [3.8, 4) is 0 Å². The highest BCUT2D eigenvalue weighted by Crippen LogP contribution is 2.24. The highest BCUT2D eigenvalue weighted by atomic mass is 32.2. The Balaban J connectivity index is 1.94. The molecule has 0 atom stereocenters. The number of carbonyl (C=O) groups is 1. The second-order valence-electron chi connectivity index (χ2n) is 6.14. The summed E-state index contributed by atoms with van der Waals surface area (Å²) < 4.78 is 28.1. The molecular formula is C19H19N3O3S. The molecule has 7 heteroatoms. The Morgan fingerprint density at radius 3 is 2.54 bits per heavy atom. The molecule has 3 aromatic rings. The van der Waals surface area contributed by atoms with Crippen LogP contribution in [0.1, 0.15) is 24.2 Å². The van der Waals surface area contributed by atoms with Crippen LogP contribution >= 0.6 is 0 Å². The number of benzene rings is 2. The first kappa shape index (κ1) is 17.9. The van der Waals surface area contributed by atoms with Gasteiger partial charge in [-0.25, -0.2) is 8.42 Å². The Kier molecular flexibility index (Phi) is 4.90. The van der Waals surface area contributed by atoms with Crippen LogP contribution in [0.5, 0.6) is 0 Å². The Bertz CT molecular complexity index is 1060. The third-order valence-electron chi connectivity index (χ3n) is 3.70. The maximum atomic E-state index is 12.8. The van der Waals surface area contributed by atoms with Gasteiger partial charge in [-0.1, -0.05) is 24.3 Å². The van der Waals surface area contributed by atoms with Crippen molar-refractivity contribution in [2.75, 3.05) is 4.72 Å². The molecule has 1 heterocycles. The SMILES string of the molecule is CC(C)NC(=O)c1cccc(S(=O)(=O)Nc2cccc3cccnc23)c1. The summed E-state index contributed by atoms with van der Waals surface area (Å²) in [7, 11) is -3.86. The van der Waals surface area contributed by atoms with Gasteiger partial charge in [-0.15, -0.1) is 0 Å². The molecular weight excluding hydrogens is 350 g/mol. The van der Waals surface area contributed by atoms with Gasteiger partial charge in [0, 0.05) is 23.2 Å². The number of carbonyl (C=O) groups excluding carboxylic acids is 1. The van der Waals surface area contributed by atoms with Crippen molar-refractivity contribution in [1.29, 1.82) is 0 Å². The van der Waals surface area contributed by atoms with E-state index < -0.39 is 10.0 Å². The minimum atomic E-state index is -3.86. The largest absolute Gasteiger partial charge is 0.350 e. The Labute approximate surface area is 152 Å². The van der Waals surface area contributed by atoms with E-state index in [4.69, 9.17) is 0 Å². The maximum absolute atomic E-state index is 12.8. The van der Waals surface area contributed by atoms with E-state index in [1.165, 1.54) is 12.1 Å². The van der Waals surface area contributed by atoms with Crippen LogP contribution in [0.15, 0.2) is 65.7 Å². The van der Waals surface area contributed by atoms with Crippen LogP contribution in [-0.4, -0.2) is 25.4 Å². The Morgan fingerprint density at radius 1 is 1.04 bits per heavy atom. The Hall–Kier alpha value is -2.93. The predicted molar refractivity (Wildman–Crippen MR) is 102 cm³/mol. The summed E-state index contributed by atoms with van der Waals surface area (Å²) in [4.78, 5) is 16.4. The quantitative estimate of drug-likeness (QED) is 0.723. The molecule has 0 aliphatic heterocycles. The summed E-state index contributed by atoms with van der Waals surface area (Å²) in [6.07, 6.45) is 1.61. The number of anilines is 1. The minimum absolute atomic E-state index is 0.0156. The zero-order chi connectivity index (χ0) is 18.7. The molecule has 1 aromatic heterocycles. The van der Waals surface area contributed by atoms with E-state index >= 15 is 0 Å². The van der Waals surface area contributed by atoms with E-state index in [9.17, 15) is 13.2 Å². The number of pyridine rings is 1. The molecule has 0 bridgehead atoms. The van der Waals surface area contributed by atoms with E-state index in [1.807, 2.05) is 26.0 Å². The second-order valence-corrected chi connectivity index (χ2v) is 7.82. The minimum Gasteiger partial charge on any atom is -0.350 e. The number of rotatable bonds is 5.